The first-order valence-corrected chi connectivity index (χ1v) is 12.6. The molecule has 4 amide bonds. The Balaban J connectivity index is 1.43. The zero-order valence-electron chi connectivity index (χ0n) is 20.1. The molecule has 3 aliphatic rings. The van der Waals surface area contributed by atoms with Gasteiger partial charge in [-0.15, -0.1) is 0 Å². The van der Waals surface area contributed by atoms with Crippen LogP contribution in [-0.4, -0.2) is 104 Å². The molecule has 35 heavy (non-hydrogen) atoms. The molecule has 1 saturated heterocycles. The zero-order chi connectivity index (χ0) is 25.1. The number of nitrogens with zero attached hydrogens (tertiary/aromatic N) is 4. The first-order chi connectivity index (χ1) is 16.8. The average molecular weight is 524 g/mol. The number of nitrogens with one attached hydrogen (secondary N) is 1. The normalized spacial score (nSPS) is 21.0. The standard InChI is InChI=1S/C24H31Cl2N5O4/c1-3-31-19-15-30(7-6-20(32)29-10-8-28(9-11-29)12-13-35-2)23(33)21(19)22(27-24(31)34)17-5-4-16(25)14-18(17)26/h4-5,14,22H,3,6-13,15H2,1-2H3,(H,27,34)/t22-/m0/s1. The molecular weight excluding hydrogens is 493 g/mol. The Labute approximate surface area is 215 Å². The average Bonchev–Trinajstić information content (AvgIpc) is 3.17. The molecular formula is C24H31Cl2N5O4. The second-order valence-electron chi connectivity index (χ2n) is 8.84. The Morgan fingerprint density at radius 3 is 2.54 bits per heavy atom. The number of halogens is 2. The molecule has 0 bridgehead atoms. The van der Waals surface area contributed by atoms with Crippen LogP contribution in [0.2, 0.25) is 10.0 Å². The number of hydrogen-bond acceptors (Lipinski definition) is 5. The molecule has 11 heteroatoms. The molecule has 0 aliphatic carbocycles. The van der Waals surface area contributed by atoms with Crippen molar-refractivity contribution < 1.29 is 19.1 Å². The minimum atomic E-state index is -0.668. The van der Waals surface area contributed by atoms with E-state index in [4.69, 9.17) is 27.9 Å². The summed E-state index contributed by atoms with van der Waals surface area (Å²) in [5.74, 6) is -0.153. The van der Waals surface area contributed by atoms with Crippen molar-refractivity contribution in [3.05, 3.63) is 45.1 Å². The molecule has 1 aromatic carbocycles. The van der Waals surface area contributed by atoms with Gasteiger partial charge in [0.1, 0.15) is 0 Å². The van der Waals surface area contributed by atoms with Crippen LogP contribution in [-0.2, 0) is 14.3 Å². The highest BCUT2D eigenvalue weighted by molar-refractivity contribution is 6.35. The number of rotatable bonds is 8. The fourth-order valence-corrected chi connectivity index (χ4v) is 5.38. The van der Waals surface area contributed by atoms with Crippen molar-refractivity contribution in [1.82, 2.24) is 24.9 Å². The molecule has 0 spiro atoms. The Bertz CT molecular complexity index is 1030. The fourth-order valence-electron chi connectivity index (χ4n) is 4.86. The number of ether oxygens (including phenoxy) is 1. The van der Waals surface area contributed by atoms with Crippen molar-refractivity contribution in [3.63, 3.8) is 0 Å². The van der Waals surface area contributed by atoms with Gasteiger partial charge in [0, 0.05) is 69.4 Å². The van der Waals surface area contributed by atoms with Crippen LogP contribution in [0.15, 0.2) is 29.5 Å². The molecule has 0 aromatic heterocycles. The maximum Gasteiger partial charge on any atom is 0.322 e. The maximum atomic E-state index is 13.5. The third kappa shape index (κ3) is 5.43. The lowest BCUT2D eigenvalue weighted by Gasteiger charge is -2.35. The van der Waals surface area contributed by atoms with E-state index in [2.05, 4.69) is 10.2 Å². The van der Waals surface area contributed by atoms with Crippen molar-refractivity contribution >= 4 is 41.0 Å². The summed E-state index contributed by atoms with van der Waals surface area (Å²) in [6.07, 6.45) is 0.240. The molecule has 3 aliphatic heterocycles. The van der Waals surface area contributed by atoms with Crippen molar-refractivity contribution in [2.24, 2.45) is 0 Å². The van der Waals surface area contributed by atoms with E-state index in [9.17, 15) is 14.4 Å². The van der Waals surface area contributed by atoms with Crippen LogP contribution < -0.4 is 5.32 Å². The predicted octanol–water partition coefficient (Wildman–Crippen LogP) is 2.36. The highest BCUT2D eigenvalue weighted by Crippen LogP contribution is 2.39. The van der Waals surface area contributed by atoms with E-state index in [1.54, 1.807) is 35.1 Å². The van der Waals surface area contributed by atoms with E-state index in [1.807, 2.05) is 11.8 Å². The largest absolute Gasteiger partial charge is 0.383 e. The van der Waals surface area contributed by atoms with Crippen LogP contribution in [0.5, 0.6) is 0 Å². The van der Waals surface area contributed by atoms with E-state index in [0.29, 0.717) is 59.7 Å². The SMILES string of the molecule is CCN1C(=O)N[C@@H](c2ccc(Cl)cc2Cl)C2=C1CN(CCC(=O)N1CCN(CCOC)CC1)C2=O. The van der Waals surface area contributed by atoms with Gasteiger partial charge < -0.3 is 19.9 Å². The van der Waals surface area contributed by atoms with Gasteiger partial charge in [0.25, 0.3) is 5.91 Å². The second kappa shape index (κ2) is 11.2. The van der Waals surface area contributed by atoms with E-state index in [-0.39, 0.29) is 30.8 Å². The van der Waals surface area contributed by atoms with Gasteiger partial charge in [-0.3, -0.25) is 19.4 Å². The van der Waals surface area contributed by atoms with E-state index < -0.39 is 6.04 Å². The molecule has 0 unspecified atom stereocenters. The first-order valence-electron chi connectivity index (χ1n) is 11.9. The van der Waals surface area contributed by atoms with Gasteiger partial charge in [-0.2, -0.15) is 0 Å². The molecule has 0 saturated carbocycles. The maximum absolute atomic E-state index is 13.5. The Hall–Kier alpha value is -2.33. The lowest BCUT2D eigenvalue weighted by atomic mass is 9.95. The van der Waals surface area contributed by atoms with Crippen molar-refractivity contribution in [2.45, 2.75) is 19.4 Å². The molecule has 1 aromatic rings. The van der Waals surface area contributed by atoms with Gasteiger partial charge in [-0.25, -0.2) is 4.79 Å². The predicted molar refractivity (Wildman–Crippen MR) is 133 cm³/mol. The summed E-state index contributed by atoms with van der Waals surface area (Å²) in [7, 11) is 1.68. The number of methoxy groups -OCH3 is 1. The molecule has 3 heterocycles. The van der Waals surface area contributed by atoms with Crippen LogP contribution in [0.1, 0.15) is 24.9 Å². The van der Waals surface area contributed by atoms with Crippen LogP contribution in [0.3, 0.4) is 0 Å². The third-order valence-electron chi connectivity index (χ3n) is 6.82. The molecule has 190 valence electrons. The summed E-state index contributed by atoms with van der Waals surface area (Å²) in [5.41, 5.74) is 1.77. The lowest BCUT2D eigenvalue weighted by molar-refractivity contribution is -0.134. The lowest BCUT2D eigenvalue weighted by Crippen LogP contribution is -2.49. The third-order valence-corrected chi connectivity index (χ3v) is 7.38. The number of benzene rings is 1. The van der Waals surface area contributed by atoms with Gasteiger partial charge in [-0.1, -0.05) is 29.3 Å². The van der Waals surface area contributed by atoms with Crippen LogP contribution in [0.4, 0.5) is 4.79 Å². The minimum Gasteiger partial charge on any atom is -0.383 e. The first kappa shape index (κ1) is 25.8. The second-order valence-corrected chi connectivity index (χ2v) is 9.69. The summed E-state index contributed by atoms with van der Waals surface area (Å²) in [6, 6.07) is 4.07. The summed E-state index contributed by atoms with van der Waals surface area (Å²) in [6.45, 7) is 7.38. The van der Waals surface area contributed by atoms with Crippen molar-refractivity contribution in [1.29, 1.82) is 0 Å². The van der Waals surface area contributed by atoms with Gasteiger partial charge in [0.15, 0.2) is 0 Å². The number of piperazine rings is 1. The smallest absolute Gasteiger partial charge is 0.322 e. The molecule has 0 radical (unpaired) electrons. The Morgan fingerprint density at radius 2 is 1.89 bits per heavy atom. The number of likely N-dealkylation sites (N-methyl/N-ethyl adjacent to an activating group) is 1. The molecule has 1 N–H and O–H groups in total. The summed E-state index contributed by atoms with van der Waals surface area (Å²) in [5, 5.41) is 3.77. The number of urea groups is 1. The van der Waals surface area contributed by atoms with Crippen LogP contribution in [0.25, 0.3) is 0 Å². The molecule has 4 rings (SSSR count). The molecule has 9 nitrogen and oxygen atoms in total. The number of amides is 4. The highest BCUT2D eigenvalue weighted by Gasteiger charge is 2.44. The van der Waals surface area contributed by atoms with Crippen LogP contribution >= 0.6 is 23.2 Å². The number of hydrogen-bond donors (Lipinski definition) is 1. The van der Waals surface area contributed by atoms with Gasteiger partial charge in [0.05, 0.1) is 30.5 Å². The topological polar surface area (TPSA) is 85.4 Å². The van der Waals surface area contributed by atoms with Crippen LogP contribution in [0, 0.1) is 0 Å². The van der Waals surface area contributed by atoms with Crippen molar-refractivity contribution in [3.8, 4) is 0 Å². The van der Waals surface area contributed by atoms with Crippen molar-refractivity contribution in [2.75, 3.05) is 66.1 Å². The van der Waals surface area contributed by atoms with Gasteiger partial charge in [-0.05, 0) is 24.6 Å². The Morgan fingerprint density at radius 1 is 1.14 bits per heavy atom. The van der Waals surface area contributed by atoms with Gasteiger partial charge in [0.2, 0.25) is 5.91 Å². The number of carbonyl (C=O) groups excluding carboxylic acids is 3. The molecule has 1 atom stereocenters. The monoisotopic (exact) mass is 523 g/mol. The highest BCUT2D eigenvalue weighted by atomic mass is 35.5. The Kier molecular flexibility index (Phi) is 8.21. The fraction of sp³-hybridized carbons (Fsp3) is 0.542. The zero-order valence-corrected chi connectivity index (χ0v) is 21.6. The molecule has 1 fully saturated rings. The van der Waals surface area contributed by atoms with E-state index in [1.165, 1.54) is 0 Å². The van der Waals surface area contributed by atoms with E-state index >= 15 is 0 Å². The summed E-state index contributed by atoms with van der Waals surface area (Å²) in [4.78, 5) is 46.5. The summed E-state index contributed by atoms with van der Waals surface area (Å²) < 4.78 is 5.13. The van der Waals surface area contributed by atoms with Gasteiger partial charge >= 0.3 is 6.03 Å². The quantitative estimate of drug-likeness (QED) is 0.565. The summed E-state index contributed by atoms with van der Waals surface area (Å²) >= 11 is 12.5. The number of carbonyl (C=O) groups is 3. The van der Waals surface area contributed by atoms with E-state index in [0.717, 1.165) is 19.6 Å². The minimum absolute atomic E-state index is 0.0351.